The second-order valence-electron chi connectivity index (χ2n) is 4.37. The zero-order valence-electron chi connectivity index (χ0n) is 12.0. The van der Waals surface area contributed by atoms with E-state index in [0.29, 0.717) is 6.61 Å². The van der Waals surface area contributed by atoms with E-state index in [0.717, 1.165) is 37.4 Å². The van der Waals surface area contributed by atoms with Gasteiger partial charge in [0.15, 0.2) is 5.82 Å². The van der Waals surface area contributed by atoms with Crippen LogP contribution in [0.1, 0.15) is 56.8 Å². The van der Waals surface area contributed by atoms with Gasteiger partial charge in [0.05, 0.1) is 0 Å². The third kappa shape index (κ3) is 4.35. The van der Waals surface area contributed by atoms with Crippen molar-refractivity contribution in [2.45, 2.75) is 53.2 Å². The van der Waals surface area contributed by atoms with E-state index in [1.807, 2.05) is 20.0 Å². The SMILES string of the molecule is CCCNCc1cnc(C(CC)OCC)nc1C. The van der Waals surface area contributed by atoms with Gasteiger partial charge in [-0.3, -0.25) is 0 Å². The van der Waals surface area contributed by atoms with E-state index >= 15 is 0 Å². The minimum atomic E-state index is 0.0198. The van der Waals surface area contributed by atoms with Gasteiger partial charge in [-0.1, -0.05) is 13.8 Å². The number of hydrogen-bond donors (Lipinski definition) is 1. The fourth-order valence-electron chi connectivity index (χ4n) is 1.81. The predicted octanol–water partition coefficient (Wildman–Crippen LogP) is 2.77. The van der Waals surface area contributed by atoms with Gasteiger partial charge in [0.1, 0.15) is 6.10 Å². The molecular weight excluding hydrogens is 226 g/mol. The third-order valence-electron chi connectivity index (χ3n) is 2.87. The second-order valence-corrected chi connectivity index (χ2v) is 4.37. The monoisotopic (exact) mass is 251 g/mol. The predicted molar refractivity (Wildman–Crippen MR) is 73.4 cm³/mol. The minimum absolute atomic E-state index is 0.0198. The van der Waals surface area contributed by atoms with Crippen LogP contribution in [0.5, 0.6) is 0 Å². The maximum Gasteiger partial charge on any atom is 0.157 e. The Morgan fingerprint density at radius 1 is 1.33 bits per heavy atom. The van der Waals surface area contributed by atoms with Gasteiger partial charge in [-0.2, -0.15) is 0 Å². The van der Waals surface area contributed by atoms with Crippen LogP contribution >= 0.6 is 0 Å². The highest BCUT2D eigenvalue weighted by atomic mass is 16.5. The standard InChI is InChI=1S/C14H25N3O/c1-5-8-15-9-12-10-16-14(17-11(12)4)13(6-2)18-7-3/h10,13,15H,5-9H2,1-4H3. The van der Waals surface area contributed by atoms with Gasteiger partial charge in [0.25, 0.3) is 0 Å². The van der Waals surface area contributed by atoms with E-state index in [1.165, 1.54) is 5.56 Å². The molecule has 4 heteroatoms. The lowest BCUT2D eigenvalue weighted by atomic mass is 10.2. The Kier molecular flexibility index (Phi) is 6.83. The van der Waals surface area contributed by atoms with Crippen LogP contribution in [0.3, 0.4) is 0 Å². The zero-order valence-corrected chi connectivity index (χ0v) is 12.0. The summed E-state index contributed by atoms with van der Waals surface area (Å²) in [4.78, 5) is 9.00. The molecule has 1 N–H and O–H groups in total. The Morgan fingerprint density at radius 2 is 2.11 bits per heavy atom. The van der Waals surface area contributed by atoms with E-state index in [9.17, 15) is 0 Å². The van der Waals surface area contributed by atoms with E-state index < -0.39 is 0 Å². The molecule has 0 saturated heterocycles. The van der Waals surface area contributed by atoms with Crippen LogP contribution in [-0.2, 0) is 11.3 Å². The van der Waals surface area contributed by atoms with Crippen molar-refractivity contribution < 1.29 is 4.74 Å². The molecule has 0 amide bonds. The van der Waals surface area contributed by atoms with Crippen molar-refractivity contribution in [2.75, 3.05) is 13.2 Å². The Hall–Kier alpha value is -1.00. The first kappa shape index (κ1) is 15.1. The molecule has 0 radical (unpaired) electrons. The van der Waals surface area contributed by atoms with E-state index in [1.54, 1.807) is 0 Å². The molecule has 0 aliphatic carbocycles. The molecule has 1 unspecified atom stereocenters. The molecule has 102 valence electrons. The number of aryl methyl sites for hydroxylation is 1. The molecule has 1 aromatic heterocycles. The molecule has 0 fully saturated rings. The summed E-state index contributed by atoms with van der Waals surface area (Å²) in [6.07, 6.45) is 3.98. The fraction of sp³-hybridized carbons (Fsp3) is 0.714. The minimum Gasteiger partial charge on any atom is -0.371 e. The maximum absolute atomic E-state index is 5.63. The number of rotatable bonds is 8. The quantitative estimate of drug-likeness (QED) is 0.722. The van der Waals surface area contributed by atoms with Crippen LogP contribution in [0, 0.1) is 6.92 Å². The van der Waals surface area contributed by atoms with Crippen molar-refractivity contribution >= 4 is 0 Å². The average molecular weight is 251 g/mol. The van der Waals surface area contributed by atoms with Crippen molar-refractivity contribution in [1.29, 1.82) is 0 Å². The number of aromatic nitrogens is 2. The lowest BCUT2D eigenvalue weighted by Crippen LogP contribution is -2.16. The highest BCUT2D eigenvalue weighted by Gasteiger charge is 2.13. The van der Waals surface area contributed by atoms with Gasteiger partial charge in [-0.15, -0.1) is 0 Å². The molecule has 1 rings (SSSR count). The molecule has 0 aromatic carbocycles. The van der Waals surface area contributed by atoms with Gasteiger partial charge in [-0.25, -0.2) is 9.97 Å². The molecule has 0 saturated carbocycles. The van der Waals surface area contributed by atoms with Crippen LogP contribution in [0.15, 0.2) is 6.20 Å². The highest BCUT2D eigenvalue weighted by Crippen LogP contribution is 2.17. The Balaban J connectivity index is 2.71. The Bertz CT molecular complexity index is 355. The first-order valence-electron chi connectivity index (χ1n) is 6.87. The van der Waals surface area contributed by atoms with Crippen LogP contribution in [-0.4, -0.2) is 23.1 Å². The molecule has 0 aliphatic heterocycles. The molecule has 4 nitrogen and oxygen atoms in total. The number of ether oxygens (including phenoxy) is 1. The van der Waals surface area contributed by atoms with E-state index in [4.69, 9.17) is 4.74 Å². The molecule has 1 aromatic rings. The summed E-state index contributed by atoms with van der Waals surface area (Å²) in [6.45, 7) is 10.8. The maximum atomic E-state index is 5.63. The molecule has 0 spiro atoms. The second kappa shape index (κ2) is 8.16. The van der Waals surface area contributed by atoms with Crippen molar-refractivity contribution in [3.63, 3.8) is 0 Å². The largest absolute Gasteiger partial charge is 0.371 e. The Labute approximate surface area is 110 Å². The van der Waals surface area contributed by atoms with E-state index in [-0.39, 0.29) is 6.10 Å². The summed E-state index contributed by atoms with van der Waals surface area (Å²) in [5.41, 5.74) is 2.21. The molecule has 1 heterocycles. The van der Waals surface area contributed by atoms with Gasteiger partial charge in [0, 0.05) is 30.6 Å². The number of nitrogens with zero attached hydrogens (tertiary/aromatic N) is 2. The van der Waals surface area contributed by atoms with Crippen molar-refractivity contribution in [3.8, 4) is 0 Å². The van der Waals surface area contributed by atoms with Crippen LogP contribution in [0.2, 0.25) is 0 Å². The van der Waals surface area contributed by atoms with Gasteiger partial charge < -0.3 is 10.1 Å². The number of nitrogens with one attached hydrogen (secondary N) is 1. The molecule has 18 heavy (non-hydrogen) atoms. The third-order valence-corrected chi connectivity index (χ3v) is 2.87. The average Bonchev–Trinajstić information content (AvgIpc) is 2.38. The smallest absolute Gasteiger partial charge is 0.157 e. The van der Waals surface area contributed by atoms with Crippen molar-refractivity contribution in [3.05, 3.63) is 23.3 Å². The summed E-state index contributed by atoms with van der Waals surface area (Å²) in [5, 5.41) is 3.37. The van der Waals surface area contributed by atoms with Crippen LogP contribution in [0.4, 0.5) is 0 Å². The molecule has 0 bridgehead atoms. The van der Waals surface area contributed by atoms with Crippen molar-refractivity contribution in [2.24, 2.45) is 0 Å². The number of hydrogen-bond acceptors (Lipinski definition) is 4. The van der Waals surface area contributed by atoms with Crippen molar-refractivity contribution in [1.82, 2.24) is 15.3 Å². The summed E-state index contributed by atoms with van der Waals surface area (Å²) >= 11 is 0. The van der Waals surface area contributed by atoms with Gasteiger partial charge in [0.2, 0.25) is 0 Å². The summed E-state index contributed by atoms with van der Waals surface area (Å²) in [6, 6.07) is 0. The lowest BCUT2D eigenvalue weighted by molar-refractivity contribution is 0.0533. The fourth-order valence-corrected chi connectivity index (χ4v) is 1.81. The highest BCUT2D eigenvalue weighted by molar-refractivity contribution is 5.16. The molecular formula is C14H25N3O. The summed E-state index contributed by atoms with van der Waals surface area (Å²) in [5.74, 6) is 0.802. The Morgan fingerprint density at radius 3 is 2.67 bits per heavy atom. The first-order valence-corrected chi connectivity index (χ1v) is 6.87. The first-order chi connectivity index (χ1) is 8.72. The van der Waals surface area contributed by atoms with E-state index in [2.05, 4.69) is 29.1 Å². The van der Waals surface area contributed by atoms with Crippen LogP contribution < -0.4 is 5.32 Å². The van der Waals surface area contributed by atoms with Gasteiger partial charge >= 0.3 is 0 Å². The van der Waals surface area contributed by atoms with Gasteiger partial charge in [-0.05, 0) is 33.2 Å². The zero-order chi connectivity index (χ0) is 13.4. The topological polar surface area (TPSA) is 47.0 Å². The van der Waals surface area contributed by atoms with Crippen LogP contribution in [0.25, 0.3) is 0 Å². The normalized spacial score (nSPS) is 12.7. The summed E-state index contributed by atoms with van der Waals surface area (Å²) in [7, 11) is 0. The summed E-state index contributed by atoms with van der Waals surface area (Å²) < 4.78 is 5.63. The molecule has 1 atom stereocenters. The lowest BCUT2D eigenvalue weighted by Gasteiger charge is -2.15. The molecule has 0 aliphatic rings.